The van der Waals surface area contributed by atoms with Crippen LogP contribution < -0.4 is 10.3 Å². The van der Waals surface area contributed by atoms with Gasteiger partial charge in [0.15, 0.2) is 0 Å². The molecule has 0 saturated heterocycles. The Balaban J connectivity index is 0.00000240. The molecule has 1 atom stereocenters. The van der Waals surface area contributed by atoms with Gasteiger partial charge in [-0.1, -0.05) is 44.2 Å². The number of hydrogen-bond donors (Lipinski definition) is 1. The SMILES string of the molecule is CCC(C)c1cccc(Oc2ccccc2-c2cn(C)c(=O)c3[nH]ccc23)c1.[HH]. The molecule has 0 radical (unpaired) electrons. The molecule has 0 spiro atoms. The summed E-state index contributed by atoms with van der Waals surface area (Å²) in [5.74, 6) is 2.08. The highest BCUT2D eigenvalue weighted by atomic mass is 16.5. The number of aryl methyl sites for hydroxylation is 1. The van der Waals surface area contributed by atoms with Gasteiger partial charge in [-0.15, -0.1) is 0 Å². The van der Waals surface area contributed by atoms with E-state index < -0.39 is 0 Å². The van der Waals surface area contributed by atoms with Gasteiger partial charge in [-0.3, -0.25) is 4.79 Å². The van der Waals surface area contributed by atoms with Gasteiger partial charge in [-0.05, 0) is 42.2 Å². The molecule has 0 amide bonds. The maximum atomic E-state index is 12.4. The van der Waals surface area contributed by atoms with Gasteiger partial charge < -0.3 is 14.3 Å². The van der Waals surface area contributed by atoms with Crippen LogP contribution in [-0.2, 0) is 7.05 Å². The Morgan fingerprint density at radius 1 is 1.11 bits per heavy atom. The van der Waals surface area contributed by atoms with Gasteiger partial charge in [-0.25, -0.2) is 0 Å². The second kappa shape index (κ2) is 7.39. The quantitative estimate of drug-likeness (QED) is 0.460. The van der Waals surface area contributed by atoms with Gasteiger partial charge in [0, 0.05) is 37.4 Å². The number of rotatable bonds is 5. The van der Waals surface area contributed by atoms with E-state index in [1.54, 1.807) is 17.8 Å². The number of H-pyrrole nitrogens is 1. The number of benzene rings is 2. The molecule has 0 aliphatic heterocycles. The molecule has 28 heavy (non-hydrogen) atoms. The van der Waals surface area contributed by atoms with Gasteiger partial charge >= 0.3 is 0 Å². The first-order valence-corrected chi connectivity index (χ1v) is 9.62. The summed E-state index contributed by atoms with van der Waals surface area (Å²) in [6.07, 6.45) is 4.76. The minimum atomic E-state index is -0.0385. The number of nitrogens with one attached hydrogen (secondary N) is 1. The van der Waals surface area contributed by atoms with E-state index in [1.165, 1.54) is 5.56 Å². The van der Waals surface area contributed by atoms with E-state index in [0.29, 0.717) is 11.4 Å². The molecule has 4 rings (SSSR count). The zero-order valence-corrected chi connectivity index (χ0v) is 16.4. The number of hydrogen-bond acceptors (Lipinski definition) is 2. The number of pyridine rings is 1. The van der Waals surface area contributed by atoms with Crippen LogP contribution in [0, 0.1) is 0 Å². The molecule has 2 heterocycles. The number of ether oxygens (including phenoxy) is 1. The second-order valence-corrected chi connectivity index (χ2v) is 7.21. The maximum Gasteiger partial charge on any atom is 0.274 e. The highest BCUT2D eigenvalue weighted by molar-refractivity contribution is 5.95. The molecule has 144 valence electrons. The lowest BCUT2D eigenvalue weighted by atomic mass is 9.98. The average Bonchev–Trinajstić information content (AvgIpc) is 3.21. The minimum absolute atomic E-state index is 0. The fourth-order valence-electron chi connectivity index (χ4n) is 3.51. The third-order valence-corrected chi connectivity index (χ3v) is 5.34. The first-order valence-electron chi connectivity index (χ1n) is 9.62. The number of fused-ring (bicyclic) bond motifs is 1. The van der Waals surface area contributed by atoms with Gasteiger partial charge in [0.2, 0.25) is 0 Å². The Kier molecular flexibility index (Phi) is 4.78. The summed E-state index contributed by atoms with van der Waals surface area (Å²) in [6, 6.07) is 18.2. The topological polar surface area (TPSA) is 47.0 Å². The molecular weight excluding hydrogens is 348 g/mol. The predicted molar refractivity (Wildman–Crippen MR) is 116 cm³/mol. The molecule has 0 bridgehead atoms. The zero-order chi connectivity index (χ0) is 19.7. The summed E-state index contributed by atoms with van der Waals surface area (Å²) >= 11 is 0. The van der Waals surface area contributed by atoms with Crippen LogP contribution in [0.15, 0.2) is 71.8 Å². The minimum Gasteiger partial charge on any atom is -0.457 e. The van der Waals surface area contributed by atoms with Crippen molar-refractivity contribution in [2.45, 2.75) is 26.2 Å². The third kappa shape index (κ3) is 3.22. The Morgan fingerprint density at radius 3 is 2.75 bits per heavy atom. The normalized spacial score (nSPS) is 12.2. The lowest BCUT2D eigenvalue weighted by Crippen LogP contribution is -2.16. The first-order chi connectivity index (χ1) is 13.6. The van der Waals surface area contributed by atoms with Crippen molar-refractivity contribution in [1.29, 1.82) is 0 Å². The van der Waals surface area contributed by atoms with Gasteiger partial charge in [0.05, 0.1) is 0 Å². The standard InChI is InChI=1S/C24H24N2O2.H2/c1-4-16(2)17-8-7-9-18(14-17)28-22-11-6-5-10-19(22)21-15-26(3)24(27)23-20(21)12-13-25-23;/h5-16,25H,4H2,1-3H3;1H. The van der Waals surface area contributed by atoms with E-state index in [4.69, 9.17) is 4.74 Å². The van der Waals surface area contributed by atoms with E-state index in [2.05, 4.69) is 31.0 Å². The van der Waals surface area contributed by atoms with E-state index in [9.17, 15) is 4.79 Å². The molecule has 0 saturated carbocycles. The van der Waals surface area contributed by atoms with Crippen LogP contribution >= 0.6 is 0 Å². The van der Waals surface area contributed by atoms with Crippen molar-refractivity contribution in [2.75, 3.05) is 0 Å². The van der Waals surface area contributed by atoms with Crippen molar-refractivity contribution in [3.63, 3.8) is 0 Å². The van der Waals surface area contributed by atoms with E-state index in [1.807, 2.05) is 48.7 Å². The Bertz CT molecular complexity index is 1190. The van der Waals surface area contributed by atoms with Crippen molar-refractivity contribution in [1.82, 2.24) is 9.55 Å². The van der Waals surface area contributed by atoms with E-state index >= 15 is 0 Å². The molecule has 4 nitrogen and oxygen atoms in total. The van der Waals surface area contributed by atoms with Crippen LogP contribution in [0.2, 0.25) is 0 Å². The number of aromatic nitrogens is 2. The van der Waals surface area contributed by atoms with Crippen LogP contribution in [0.25, 0.3) is 22.0 Å². The van der Waals surface area contributed by atoms with Crippen molar-refractivity contribution < 1.29 is 6.16 Å². The van der Waals surface area contributed by atoms with Crippen LogP contribution in [0.3, 0.4) is 0 Å². The number of para-hydroxylation sites is 1. The first kappa shape index (κ1) is 18.1. The summed E-state index contributed by atoms with van der Waals surface area (Å²) in [7, 11) is 1.77. The van der Waals surface area contributed by atoms with Crippen LogP contribution in [0.5, 0.6) is 11.5 Å². The summed E-state index contributed by atoms with van der Waals surface area (Å²) in [5.41, 5.74) is 3.76. The van der Waals surface area contributed by atoms with Crippen LogP contribution in [0.4, 0.5) is 0 Å². The van der Waals surface area contributed by atoms with Crippen molar-refractivity contribution in [3.05, 3.63) is 82.9 Å². The van der Waals surface area contributed by atoms with Gasteiger partial charge in [-0.2, -0.15) is 0 Å². The Hall–Kier alpha value is -3.27. The molecule has 0 fully saturated rings. The summed E-state index contributed by atoms with van der Waals surface area (Å²) in [4.78, 5) is 15.4. The number of aromatic amines is 1. The molecule has 1 unspecified atom stereocenters. The summed E-state index contributed by atoms with van der Waals surface area (Å²) in [6.45, 7) is 4.41. The Morgan fingerprint density at radius 2 is 1.93 bits per heavy atom. The Labute approximate surface area is 165 Å². The lowest BCUT2D eigenvalue weighted by molar-refractivity contribution is 0.483. The van der Waals surface area contributed by atoms with Gasteiger partial charge in [0.1, 0.15) is 17.0 Å². The molecule has 1 N–H and O–H groups in total. The maximum absolute atomic E-state index is 12.4. The van der Waals surface area contributed by atoms with Gasteiger partial charge in [0.25, 0.3) is 5.56 Å². The van der Waals surface area contributed by atoms with Crippen molar-refractivity contribution in [3.8, 4) is 22.6 Å². The second-order valence-electron chi connectivity index (χ2n) is 7.21. The summed E-state index contributed by atoms with van der Waals surface area (Å²) < 4.78 is 7.90. The zero-order valence-electron chi connectivity index (χ0n) is 16.4. The van der Waals surface area contributed by atoms with Crippen LogP contribution in [-0.4, -0.2) is 9.55 Å². The molecular formula is C24H26N2O2. The predicted octanol–water partition coefficient (Wildman–Crippen LogP) is 6.09. The highest BCUT2D eigenvalue weighted by Gasteiger charge is 2.14. The number of nitrogens with zero attached hydrogens (tertiary/aromatic N) is 1. The summed E-state index contributed by atoms with van der Waals surface area (Å²) in [5, 5.41) is 0.896. The highest BCUT2D eigenvalue weighted by Crippen LogP contribution is 2.36. The fourth-order valence-corrected chi connectivity index (χ4v) is 3.51. The smallest absolute Gasteiger partial charge is 0.274 e. The molecule has 0 aliphatic carbocycles. The largest absolute Gasteiger partial charge is 0.457 e. The molecule has 2 aromatic heterocycles. The van der Waals surface area contributed by atoms with Crippen molar-refractivity contribution in [2.24, 2.45) is 7.05 Å². The van der Waals surface area contributed by atoms with E-state index in [0.717, 1.165) is 34.4 Å². The average molecular weight is 374 g/mol. The molecule has 2 aromatic carbocycles. The van der Waals surface area contributed by atoms with E-state index in [-0.39, 0.29) is 6.99 Å². The third-order valence-electron chi connectivity index (χ3n) is 5.34. The monoisotopic (exact) mass is 374 g/mol. The molecule has 0 aliphatic rings. The molecule has 4 heteroatoms. The van der Waals surface area contributed by atoms with Crippen molar-refractivity contribution >= 4 is 10.9 Å². The fraction of sp³-hybridized carbons (Fsp3) is 0.208. The molecule has 4 aromatic rings. The van der Waals surface area contributed by atoms with Crippen LogP contribution in [0.1, 0.15) is 33.2 Å². The lowest BCUT2D eigenvalue weighted by Gasteiger charge is -2.15.